The summed E-state index contributed by atoms with van der Waals surface area (Å²) in [5.74, 6) is -0.0396. The monoisotopic (exact) mass is 423 g/mol. The Bertz CT molecular complexity index is 697. The number of nitrogens with one attached hydrogen (secondary N) is 3. The molecular weight excluding hydrogens is 392 g/mol. The molecule has 1 fully saturated rings. The van der Waals surface area contributed by atoms with E-state index in [1.165, 1.54) is 17.0 Å². The quantitative estimate of drug-likeness (QED) is 0.187. The Morgan fingerprint density at radius 1 is 1.24 bits per heavy atom. The lowest BCUT2D eigenvalue weighted by Gasteiger charge is -2.37. The molecule has 0 bridgehead atoms. The average Bonchev–Trinajstić information content (AvgIpc) is 2.73. The van der Waals surface area contributed by atoms with Crippen LogP contribution in [0.4, 0.5) is 14.5 Å². The second-order valence-electron chi connectivity index (χ2n) is 7.20. The fourth-order valence-corrected chi connectivity index (χ4v) is 3.84. The average molecular weight is 424 g/mol. The van der Waals surface area contributed by atoms with Gasteiger partial charge in [0.1, 0.15) is 11.6 Å². The van der Waals surface area contributed by atoms with Gasteiger partial charge in [0.25, 0.3) is 0 Å². The van der Waals surface area contributed by atoms with Gasteiger partial charge in [-0.15, -0.1) is 0 Å². The SMILES string of the molecule is C/C=C/C(CCCS)NCc1cc(F)c(N2CCC(N(C=N)C=N)CC2)cc1F. The number of anilines is 1. The van der Waals surface area contributed by atoms with Crippen molar-refractivity contribution in [2.75, 3.05) is 23.7 Å². The summed E-state index contributed by atoms with van der Waals surface area (Å²) in [4.78, 5) is 3.38. The first kappa shape index (κ1) is 23.3. The van der Waals surface area contributed by atoms with E-state index in [1.54, 1.807) is 0 Å². The minimum absolute atomic E-state index is 0.0541. The maximum absolute atomic E-state index is 14.7. The van der Waals surface area contributed by atoms with Gasteiger partial charge >= 0.3 is 0 Å². The molecule has 0 aromatic heterocycles. The predicted octanol–water partition coefficient (Wildman–Crippen LogP) is 4.19. The molecule has 0 saturated carbocycles. The van der Waals surface area contributed by atoms with E-state index in [-0.39, 0.29) is 24.3 Å². The second kappa shape index (κ2) is 11.9. The number of hydrogen-bond acceptors (Lipinski definition) is 5. The van der Waals surface area contributed by atoms with E-state index in [4.69, 9.17) is 10.8 Å². The standard InChI is InChI=1S/C21H31F2N5S/c1-2-4-17(5-3-10-29)26-13-16-11-20(23)21(12-19(16)22)27-8-6-18(7-9-27)28(14-24)15-25/h2,4,11-12,14-15,17-18,24-26,29H,3,5-10,13H2,1H3/b4-2+,24-14?,25-15?. The number of nitrogens with zero attached hydrogens (tertiary/aromatic N) is 2. The van der Waals surface area contributed by atoms with Gasteiger partial charge in [-0.05, 0) is 44.4 Å². The van der Waals surface area contributed by atoms with Gasteiger partial charge in [-0.2, -0.15) is 12.6 Å². The lowest BCUT2D eigenvalue weighted by Crippen LogP contribution is -2.44. The number of rotatable bonds is 11. The Hall–Kier alpha value is -1.93. The number of allylic oxidation sites excluding steroid dienone is 1. The number of thiol groups is 1. The summed E-state index contributed by atoms with van der Waals surface area (Å²) < 4.78 is 29.4. The predicted molar refractivity (Wildman–Crippen MR) is 120 cm³/mol. The van der Waals surface area contributed by atoms with E-state index in [2.05, 4.69) is 17.9 Å². The van der Waals surface area contributed by atoms with Crippen LogP contribution < -0.4 is 10.2 Å². The van der Waals surface area contributed by atoms with Crippen LogP contribution in [0, 0.1) is 22.5 Å². The Labute approximate surface area is 177 Å². The highest BCUT2D eigenvalue weighted by molar-refractivity contribution is 7.80. The topological polar surface area (TPSA) is 66.2 Å². The molecule has 1 aromatic carbocycles. The molecule has 1 unspecified atom stereocenters. The van der Waals surface area contributed by atoms with Crippen molar-refractivity contribution >= 4 is 31.0 Å². The molecule has 1 heterocycles. The highest BCUT2D eigenvalue weighted by Gasteiger charge is 2.25. The van der Waals surface area contributed by atoms with Crippen LogP contribution in [0.15, 0.2) is 24.3 Å². The van der Waals surface area contributed by atoms with Gasteiger partial charge in [0.05, 0.1) is 18.4 Å². The Morgan fingerprint density at radius 3 is 2.52 bits per heavy atom. The third kappa shape index (κ3) is 6.54. The van der Waals surface area contributed by atoms with Crippen LogP contribution in [-0.2, 0) is 6.54 Å². The van der Waals surface area contributed by atoms with E-state index >= 15 is 0 Å². The van der Waals surface area contributed by atoms with Gasteiger partial charge in [-0.3, -0.25) is 10.8 Å². The third-order valence-corrected chi connectivity index (χ3v) is 5.61. The minimum atomic E-state index is -0.421. The highest BCUT2D eigenvalue weighted by atomic mass is 32.1. The first-order chi connectivity index (χ1) is 14.0. The van der Waals surface area contributed by atoms with Crippen LogP contribution in [0.3, 0.4) is 0 Å². The molecule has 8 heteroatoms. The molecule has 1 aliphatic rings. The second-order valence-corrected chi connectivity index (χ2v) is 7.64. The Morgan fingerprint density at radius 2 is 1.93 bits per heavy atom. The maximum Gasteiger partial charge on any atom is 0.147 e. The highest BCUT2D eigenvalue weighted by Crippen LogP contribution is 2.27. The van der Waals surface area contributed by atoms with Crippen molar-refractivity contribution in [2.24, 2.45) is 0 Å². The first-order valence-corrected chi connectivity index (χ1v) is 10.7. The van der Waals surface area contributed by atoms with Gasteiger partial charge in [-0.1, -0.05) is 12.2 Å². The van der Waals surface area contributed by atoms with Crippen LogP contribution >= 0.6 is 12.6 Å². The molecule has 1 saturated heterocycles. The van der Waals surface area contributed by atoms with Crippen molar-refractivity contribution in [1.82, 2.24) is 10.2 Å². The van der Waals surface area contributed by atoms with Crippen LogP contribution in [0.1, 0.15) is 38.2 Å². The number of hydrogen-bond donors (Lipinski definition) is 4. The summed E-state index contributed by atoms with van der Waals surface area (Å²) >= 11 is 4.23. The molecule has 1 aromatic rings. The summed E-state index contributed by atoms with van der Waals surface area (Å²) in [5, 5.41) is 18.0. The maximum atomic E-state index is 14.7. The van der Waals surface area contributed by atoms with Crippen molar-refractivity contribution in [3.05, 3.63) is 41.5 Å². The van der Waals surface area contributed by atoms with E-state index in [9.17, 15) is 8.78 Å². The molecule has 29 heavy (non-hydrogen) atoms. The number of halogens is 2. The third-order valence-electron chi connectivity index (χ3n) is 5.29. The molecular formula is C21H31F2N5S. The van der Waals surface area contributed by atoms with Gasteiger partial charge in [0.2, 0.25) is 0 Å². The summed E-state index contributed by atoms with van der Waals surface area (Å²) in [5.41, 5.74) is 0.598. The van der Waals surface area contributed by atoms with Crippen LogP contribution in [0.25, 0.3) is 0 Å². The zero-order chi connectivity index (χ0) is 21.2. The lowest BCUT2D eigenvalue weighted by molar-refractivity contribution is 0.363. The largest absolute Gasteiger partial charge is 0.369 e. The summed E-state index contributed by atoms with van der Waals surface area (Å²) in [7, 11) is 0. The van der Waals surface area contributed by atoms with Crippen LogP contribution in [0.5, 0.6) is 0 Å². The molecule has 2 rings (SSSR count). The van der Waals surface area contributed by atoms with Gasteiger partial charge in [0, 0.05) is 43.3 Å². The molecule has 3 N–H and O–H groups in total. The van der Waals surface area contributed by atoms with E-state index in [1.807, 2.05) is 24.0 Å². The molecule has 0 radical (unpaired) electrons. The van der Waals surface area contributed by atoms with E-state index < -0.39 is 11.6 Å². The fourth-order valence-electron chi connectivity index (χ4n) is 3.66. The lowest BCUT2D eigenvalue weighted by atomic mass is 10.0. The van der Waals surface area contributed by atoms with Gasteiger partial charge in [0.15, 0.2) is 0 Å². The molecule has 160 valence electrons. The number of piperidine rings is 1. The van der Waals surface area contributed by atoms with Gasteiger partial charge < -0.3 is 15.1 Å². The van der Waals surface area contributed by atoms with Crippen molar-refractivity contribution < 1.29 is 8.78 Å². The zero-order valence-electron chi connectivity index (χ0n) is 16.9. The molecule has 0 amide bonds. The first-order valence-electron chi connectivity index (χ1n) is 10.0. The van der Waals surface area contributed by atoms with Crippen molar-refractivity contribution in [2.45, 2.75) is 51.2 Å². The van der Waals surface area contributed by atoms with Crippen LogP contribution in [-0.4, -0.2) is 48.5 Å². The normalized spacial score (nSPS) is 16.2. The molecule has 1 aliphatic heterocycles. The minimum Gasteiger partial charge on any atom is -0.369 e. The van der Waals surface area contributed by atoms with Crippen LogP contribution in [0.2, 0.25) is 0 Å². The smallest absolute Gasteiger partial charge is 0.147 e. The molecule has 0 spiro atoms. The van der Waals surface area contributed by atoms with E-state index in [0.717, 1.165) is 31.3 Å². The molecule has 0 aliphatic carbocycles. The Kier molecular flexibility index (Phi) is 9.60. The zero-order valence-corrected chi connectivity index (χ0v) is 17.8. The molecule has 5 nitrogen and oxygen atoms in total. The van der Waals surface area contributed by atoms with Crippen molar-refractivity contribution in [1.29, 1.82) is 10.8 Å². The fraction of sp³-hybridized carbons (Fsp3) is 0.524. The summed E-state index contributed by atoms with van der Waals surface area (Å²) in [6.45, 7) is 3.32. The van der Waals surface area contributed by atoms with Crippen molar-refractivity contribution in [3.8, 4) is 0 Å². The van der Waals surface area contributed by atoms with Gasteiger partial charge in [-0.25, -0.2) is 8.78 Å². The van der Waals surface area contributed by atoms with Crippen molar-refractivity contribution in [3.63, 3.8) is 0 Å². The number of benzene rings is 1. The summed E-state index contributed by atoms with van der Waals surface area (Å²) in [6, 6.07) is 2.74. The Balaban J connectivity index is 2.02. The van der Waals surface area contributed by atoms with E-state index in [0.29, 0.717) is 31.5 Å². The molecule has 1 atom stereocenters. The summed E-state index contributed by atoms with van der Waals surface area (Å²) in [6.07, 6.45) is 9.47.